The number of nitrogens with zero attached hydrogens (tertiary/aromatic N) is 5. The average Bonchev–Trinajstić information content (AvgIpc) is 3.11. The molecule has 0 radical (unpaired) electrons. The molecule has 6 nitrogen and oxygen atoms in total. The summed E-state index contributed by atoms with van der Waals surface area (Å²) in [5.74, 6) is 0.863. The summed E-state index contributed by atoms with van der Waals surface area (Å²) in [5.41, 5.74) is 6.57. The maximum atomic E-state index is 4.66. The number of fused-ring (bicyclic) bond motifs is 1. The molecular weight excluding hydrogens is 288 g/mol. The highest BCUT2D eigenvalue weighted by molar-refractivity contribution is 5.84. The molecule has 3 heterocycles. The topological polar surface area (TPSA) is 72.3 Å². The maximum Gasteiger partial charge on any atom is 0.113 e. The van der Waals surface area contributed by atoms with Crippen LogP contribution in [0, 0.1) is 13.8 Å². The van der Waals surface area contributed by atoms with Gasteiger partial charge in [-0.25, -0.2) is 9.67 Å². The number of hydrogen-bond acceptors (Lipinski definition) is 4. The van der Waals surface area contributed by atoms with Gasteiger partial charge >= 0.3 is 0 Å². The van der Waals surface area contributed by atoms with E-state index in [0.29, 0.717) is 0 Å². The van der Waals surface area contributed by atoms with Gasteiger partial charge in [0.05, 0.1) is 22.6 Å². The highest BCUT2D eigenvalue weighted by Gasteiger charge is 2.15. The van der Waals surface area contributed by atoms with E-state index >= 15 is 0 Å². The maximum absolute atomic E-state index is 4.66. The first kappa shape index (κ1) is 13.6. The van der Waals surface area contributed by atoms with Crippen LogP contribution in [0.25, 0.3) is 33.7 Å². The minimum Gasteiger partial charge on any atom is -0.340 e. The Morgan fingerprint density at radius 3 is 2.74 bits per heavy atom. The Bertz CT molecular complexity index is 1010. The molecule has 0 unspecified atom stereocenters. The van der Waals surface area contributed by atoms with E-state index in [2.05, 4.69) is 31.3 Å². The molecule has 4 rings (SSSR count). The Labute approximate surface area is 133 Å². The molecule has 1 aromatic carbocycles. The van der Waals surface area contributed by atoms with Gasteiger partial charge < -0.3 is 4.98 Å². The van der Waals surface area contributed by atoms with Crippen LogP contribution in [-0.4, -0.2) is 29.9 Å². The van der Waals surface area contributed by atoms with Gasteiger partial charge in [0.15, 0.2) is 0 Å². The summed E-state index contributed by atoms with van der Waals surface area (Å²) in [7, 11) is 1.89. The second kappa shape index (κ2) is 5.01. The predicted molar refractivity (Wildman–Crippen MR) is 88.8 cm³/mol. The lowest BCUT2D eigenvalue weighted by Gasteiger charge is -2.04. The van der Waals surface area contributed by atoms with E-state index in [1.807, 2.05) is 51.2 Å². The first-order valence-electron chi connectivity index (χ1n) is 7.42. The summed E-state index contributed by atoms with van der Waals surface area (Å²) in [4.78, 5) is 12.6. The van der Waals surface area contributed by atoms with Crippen LogP contribution in [0.3, 0.4) is 0 Å². The van der Waals surface area contributed by atoms with Crippen molar-refractivity contribution in [3.63, 3.8) is 0 Å². The molecule has 0 saturated heterocycles. The molecule has 4 aromatic rings. The van der Waals surface area contributed by atoms with Crippen molar-refractivity contribution < 1.29 is 0 Å². The van der Waals surface area contributed by atoms with E-state index in [4.69, 9.17) is 0 Å². The number of aryl methyl sites for hydroxylation is 3. The number of aromatic nitrogens is 6. The molecule has 0 spiro atoms. The highest BCUT2D eigenvalue weighted by Crippen LogP contribution is 2.30. The Morgan fingerprint density at radius 1 is 1.04 bits per heavy atom. The van der Waals surface area contributed by atoms with Crippen LogP contribution in [-0.2, 0) is 7.05 Å². The first-order valence-corrected chi connectivity index (χ1v) is 7.42. The summed E-state index contributed by atoms with van der Waals surface area (Å²) in [6.07, 6.45) is 0. The zero-order valence-corrected chi connectivity index (χ0v) is 13.2. The Balaban J connectivity index is 1.92. The fourth-order valence-corrected chi connectivity index (χ4v) is 2.75. The van der Waals surface area contributed by atoms with Crippen LogP contribution in [0.5, 0.6) is 0 Å². The number of H-pyrrole nitrogens is 1. The fourth-order valence-electron chi connectivity index (χ4n) is 2.75. The Kier molecular flexibility index (Phi) is 2.97. The standard InChI is InChI=1S/C17H16N6/c1-10-5-4-6-14(18-10)17-16(19-11(2)20-17)12-7-8-13-15(9-12)23(3)22-21-13/h4-9H,1-3H3,(H,19,20). The van der Waals surface area contributed by atoms with Crippen molar-refractivity contribution in [3.8, 4) is 22.6 Å². The molecule has 0 fully saturated rings. The largest absolute Gasteiger partial charge is 0.340 e. The van der Waals surface area contributed by atoms with Gasteiger partial charge in [-0.15, -0.1) is 5.10 Å². The van der Waals surface area contributed by atoms with Crippen LogP contribution in [0.15, 0.2) is 36.4 Å². The van der Waals surface area contributed by atoms with Crippen molar-refractivity contribution in [2.45, 2.75) is 13.8 Å². The zero-order chi connectivity index (χ0) is 16.0. The van der Waals surface area contributed by atoms with E-state index in [-0.39, 0.29) is 0 Å². The van der Waals surface area contributed by atoms with Crippen molar-refractivity contribution in [2.75, 3.05) is 0 Å². The van der Waals surface area contributed by atoms with Crippen LogP contribution in [0.1, 0.15) is 11.5 Å². The quantitative estimate of drug-likeness (QED) is 0.618. The molecule has 0 aliphatic rings. The molecule has 0 aliphatic heterocycles. The third kappa shape index (κ3) is 2.28. The number of nitrogens with one attached hydrogen (secondary N) is 1. The van der Waals surface area contributed by atoms with E-state index in [1.54, 1.807) is 4.68 Å². The SMILES string of the molecule is Cc1cccc(-c2[nH]c(C)nc2-c2ccc3nnn(C)c3c2)n1. The summed E-state index contributed by atoms with van der Waals surface area (Å²) < 4.78 is 1.77. The molecule has 0 aliphatic carbocycles. The second-order valence-corrected chi connectivity index (χ2v) is 5.63. The van der Waals surface area contributed by atoms with E-state index in [0.717, 1.165) is 45.2 Å². The van der Waals surface area contributed by atoms with Crippen molar-refractivity contribution in [1.29, 1.82) is 0 Å². The molecular formula is C17H16N6. The number of rotatable bonds is 2. The summed E-state index contributed by atoms with van der Waals surface area (Å²) in [6, 6.07) is 12.0. The summed E-state index contributed by atoms with van der Waals surface area (Å²) in [6.45, 7) is 3.94. The lowest BCUT2D eigenvalue weighted by atomic mass is 10.1. The fraction of sp³-hybridized carbons (Fsp3) is 0.176. The molecule has 23 heavy (non-hydrogen) atoms. The monoisotopic (exact) mass is 304 g/mol. The van der Waals surface area contributed by atoms with Gasteiger partial charge in [0.25, 0.3) is 0 Å². The molecule has 3 aromatic heterocycles. The number of benzene rings is 1. The molecule has 0 atom stereocenters. The average molecular weight is 304 g/mol. The summed E-state index contributed by atoms with van der Waals surface area (Å²) >= 11 is 0. The number of aromatic amines is 1. The zero-order valence-electron chi connectivity index (χ0n) is 13.2. The smallest absolute Gasteiger partial charge is 0.113 e. The number of hydrogen-bond donors (Lipinski definition) is 1. The van der Waals surface area contributed by atoms with Crippen LogP contribution in [0.2, 0.25) is 0 Å². The van der Waals surface area contributed by atoms with E-state index < -0.39 is 0 Å². The van der Waals surface area contributed by atoms with Crippen LogP contribution in [0.4, 0.5) is 0 Å². The number of pyridine rings is 1. The molecule has 1 N–H and O–H groups in total. The van der Waals surface area contributed by atoms with Crippen molar-refractivity contribution in [3.05, 3.63) is 47.9 Å². The predicted octanol–water partition coefficient (Wildman–Crippen LogP) is 3.04. The second-order valence-electron chi connectivity index (χ2n) is 5.63. The lowest BCUT2D eigenvalue weighted by Crippen LogP contribution is -1.91. The molecule has 0 amide bonds. The molecule has 6 heteroatoms. The Hall–Kier alpha value is -3.02. The van der Waals surface area contributed by atoms with Crippen molar-refractivity contribution >= 4 is 11.0 Å². The van der Waals surface area contributed by atoms with Crippen LogP contribution < -0.4 is 0 Å². The van der Waals surface area contributed by atoms with E-state index in [9.17, 15) is 0 Å². The minimum atomic E-state index is 0.863. The lowest BCUT2D eigenvalue weighted by molar-refractivity contribution is 0.736. The van der Waals surface area contributed by atoms with Gasteiger partial charge in [0.1, 0.15) is 11.3 Å². The summed E-state index contributed by atoms with van der Waals surface area (Å²) in [5, 5.41) is 8.18. The van der Waals surface area contributed by atoms with Crippen molar-refractivity contribution in [1.82, 2.24) is 29.9 Å². The minimum absolute atomic E-state index is 0.863. The third-order valence-corrected chi connectivity index (χ3v) is 3.85. The van der Waals surface area contributed by atoms with E-state index in [1.165, 1.54) is 0 Å². The highest BCUT2D eigenvalue weighted by atomic mass is 15.4. The normalized spacial score (nSPS) is 11.3. The van der Waals surface area contributed by atoms with Crippen LogP contribution >= 0.6 is 0 Å². The molecule has 0 bridgehead atoms. The molecule has 114 valence electrons. The number of imidazole rings is 1. The van der Waals surface area contributed by atoms with Gasteiger partial charge in [0, 0.05) is 18.3 Å². The van der Waals surface area contributed by atoms with Gasteiger partial charge in [0.2, 0.25) is 0 Å². The van der Waals surface area contributed by atoms with Crippen molar-refractivity contribution in [2.24, 2.45) is 7.05 Å². The van der Waals surface area contributed by atoms with Gasteiger partial charge in [-0.2, -0.15) is 0 Å². The third-order valence-electron chi connectivity index (χ3n) is 3.85. The van der Waals surface area contributed by atoms with Gasteiger partial charge in [-0.05, 0) is 38.1 Å². The molecule has 0 saturated carbocycles. The first-order chi connectivity index (χ1) is 11.1. The Morgan fingerprint density at radius 2 is 1.91 bits per heavy atom. The van der Waals surface area contributed by atoms with Gasteiger partial charge in [-0.1, -0.05) is 17.3 Å². The van der Waals surface area contributed by atoms with Gasteiger partial charge in [-0.3, -0.25) is 4.98 Å².